The molecule has 6 nitrogen and oxygen atoms in total. The number of rotatable bonds is 9. The van der Waals surface area contributed by atoms with Gasteiger partial charge in [-0.2, -0.15) is 5.10 Å². The first kappa shape index (κ1) is 18.4. The standard InChI is InChI=1S/C21H22N4O2/c26-21(23-13-3-15-25-16-4-14-24-25)11-8-18-6-9-20(10-7-18)27-17-19-5-1-2-12-22-19/h1-2,4-12,14,16H,3,13,15,17H2,(H,23,26)/b11-8+. The first-order valence-corrected chi connectivity index (χ1v) is 8.86. The molecule has 0 aliphatic rings. The molecule has 6 heteroatoms. The van der Waals surface area contributed by atoms with Gasteiger partial charge >= 0.3 is 0 Å². The Labute approximate surface area is 158 Å². The van der Waals surface area contributed by atoms with Gasteiger partial charge in [0.05, 0.1) is 5.69 Å². The van der Waals surface area contributed by atoms with Gasteiger partial charge in [-0.25, -0.2) is 0 Å². The van der Waals surface area contributed by atoms with Crippen molar-refractivity contribution in [3.8, 4) is 5.75 Å². The summed E-state index contributed by atoms with van der Waals surface area (Å²) in [7, 11) is 0. The van der Waals surface area contributed by atoms with E-state index in [0.29, 0.717) is 13.2 Å². The average Bonchev–Trinajstić information content (AvgIpc) is 3.23. The molecule has 1 N–H and O–H groups in total. The van der Waals surface area contributed by atoms with E-state index in [9.17, 15) is 4.79 Å². The smallest absolute Gasteiger partial charge is 0.244 e. The fraction of sp³-hybridized carbons (Fsp3) is 0.190. The van der Waals surface area contributed by atoms with Crippen LogP contribution in [0.1, 0.15) is 17.7 Å². The second-order valence-corrected chi connectivity index (χ2v) is 5.93. The summed E-state index contributed by atoms with van der Waals surface area (Å²) in [5.41, 5.74) is 1.82. The summed E-state index contributed by atoms with van der Waals surface area (Å²) in [6.07, 6.45) is 9.56. The van der Waals surface area contributed by atoms with Crippen LogP contribution in [0.4, 0.5) is 0 Å². The number of benzene rings is 1. The Bertz CT molecular complexity index is 844. The third-order valence-corrected chi connectivity index (χ3v) is 3.84. The number of aromatic nitrogens is 3. The van der Waals surface area contributed by atoms with Crippen LogP contribution in [-0.4, -0.2) is 27.2 Å². The van der Waals surface area contributed by atoms with Crippen LogP contribution in [0.25, 0.3) is 6.08 Å². The predicted octanol–water partition coefficient (Wildman–Crippen LogP) is 3.08. The zero-order valence-electron chi connectivity index (χ0n) is 15.0. The lowest BCUT2D eigenvalue weighted by atomic mass is 10.2. The molecule has 1 aromatic carbocycles. The molecule has 0 radical (unpaired) electrons. The van der Waals surface area contributed by atoms with Crippen molar-refractivity contribution < 1.29 is 9.53 Å². The number of amides is 1. The molecule has 0 aliphatic carbocycles. The highest BCUT2D eigenvalue weighted by Gasteiger charge is 1.98. The first-order chi connectivity index (χ1) is 13.3. The Hall–Kier alpha value is -3.41. The van der Waals surface area contributed by atoms with Crippen molar-refractivity contribution in [2.75, 3.05) is 6.54 Å². The predicted molar refractivity (Wildman–Crippen MR) is 104 cm³/mol. The Morgan fingerprint density at radius 1 is 1.11 bits per heavy atom. The minimum absolute atomic E-state index is 0.106. The van der Waals surface area contributed by atoms with E-state index in [-0.39, 0.29) is 5.91 Å². The molecule has 3 aromatic rings. The summed E-state index contributed by atoms with van der Waals surface area (Å²) >= 11 is 0. The van der Waals surface area contributed by atoms with Crippen LogP contribution in [0.3, 0.4) is 0 Å². The number of pyridine rings is 1. The van der Waals surface area contributed by atoms with Gasteiger partial charge in [-0.1, -0.05) is 18.2 Å². The van der Waals surface area contributed by atoms with Crippen molar-refractivity contribution in [2.24, 2.45) is 0 Å². The largest absolute Gasteiger partial charge is 0.487 e. The van der Waals surface area contributed by atoms with Gasteiger partial charge in [0.15, 0.2) is 0 Å². The van der Waals surface area contributed by atoms with Crippen molar-refractivity contribution >= 4 is 12.0 Å². The molecular weight excluding hydrogens is 340 g/mol. The lowest BCUT2D eigenvalue weighted by molar-refractivity contribution is -0.116. The van der Waals surface area contributed by atoms with E-state index in [0.717, 1.165) is 30.0 Å². The second kappa shape index (κ2) is 9.91. The van der Waals surface area contributed by atoms with Gasteiger partial charge in [0.1, 0.15) is 12.4 Å². The van der Waals surface area contributed by atoms with E-state index in [1.54, 1.807) is 18.5 Å². The van der Waals surface area contributed by atoms with Crippen LogP contribution >= 0.6 is 0 Å². The molecule has 0 bridgehead atoms. The molecule has 138 valence electrons. The van der Waals surface area contributed by atoms with E-state index in [2.05, 4.69) is 15.4 Å². The zero-order valence-corrected chi connectivity index (χ0v) is 15.0. The van der Waals surface area contributed by atoms with Gasteiger partial charge in [0.25, 0.3) is 0 Å². The van der Waals surface area contributed by atoms with Gasteiger partial charge in [0.2, 0.25) is 5.91 Å². The summed E-state index contributed by atoms with van der Waals surface area (Å²) in [6.45, 7) is 1.83. The molecule has 0 spiro atoms. The summed E-state index contributed by atoms with van der Waals surface area (Å²) in [5, 5.41) is 6.99. The number of carbonyl (C=O) groups is 1. The number of nitrogens with one attached hydrogen (secondary N) is 1. The lowest BCUT2D eigenvalue weighted by Crippen LogP contribution is -2.23. The maximum absolute atomic E-state index is 11.9. The number of carbonyl (C=O) groups excluding carboxylic acids is 1. The van der Waals surface area contributed by atoms with Crippen molar-refractivity contribution in [1.29, 1.82) is 0 Å². The third kappa shape index (κ3) is 6.43. The second-order valence-electron chi connectivity index (χ2n) is 5.93. The molecule has 2 aromatic heterocycles. The fourth-order valence-corrected chi connectivity index (χ4v) is 2.43. The van der Waals surface area contributed by atoms with Gasteiger partial charge in [-0.3, -0.25) is 14.5 Å². The van der Waals surface area contributed by atoms with Gasteiger partial charge in [0, 0.05) is 37.8 Å². The van der Waals surface area contributed by atoms with Crippen molar-refractivity contribution in [2.45, 2.75) is 19.6 Å². The zero-order chi connectivity index (χ0) is 18.7. The molecule has 0 saturated carbocycles. The quantitative estimate of drug-likeness (QED) is 0.469. The molecule has 27 heavy (non-hydrogen) atoms. The van der Waals surface area contributed by atoms with E-state index in [1.807, 2.05) is 59.4 Å². The van der Waals surface area contributed by atoms with Crippen LogP contribution in [0.2, 0.25) is 0 Å². The van der Waals surface area contributed by atoms with Crippen LogP contribution < -0.4 is 10.1 Å². The number of hydrogen-bond donors (Lipinski definition) is 1. The summed E-state index contributed by atoms with van der Waals surface area (Å²) < 4.78 is 7.54. The topological polar surface area (TPSA) is 69.0 Å². The maximum Gasteiger partial charge on any atom is 0.244 e. The molecule has 0 saturated heterocycles. The molecule has 0 fully saturated rings. The number of ether oxygens (including phenoxy) is 1. The fourth-order valence-electron chi connectivity index (χ4n) is 2.43. The van der Waals surface area contributed by atoms with Crippen molar-refractivity contribution in [1.82, 2.24) is 20.1 Å². The average molecular weight is 362 g/mol. The molecule has 0 aliphatic heterocycles. The van der Waals surface area contributed by atoms with Crippen LogP contribution in [0.5, 0.6) is 5.75 Å². The summed E-state index contributed by atoms with van der Waals surface area (Å²) in [6, 6.07) is 15.2. The number of nitrogens with zero attached hydrogens (tertiary/aromatic N) is 3. The van der Waals surface area contributed by atoms with E-state index in [1.165, 1.54) is 6.08 Å². The molecule has 2 heterocycles. The Kier molecular flexibility index (Phi) is 6.75. The first-order valence-electron chi connectivity index (χ1n) is 8.86. The molecular formula is C21H22N4O2. The minimum atomic E-state index is -0.106. The Balaban J connectivity index is 1.38. The lowest BCUT2D eigenvalue weighted by Gasteiger charge is -2.05. The molecule has 0 atom stereocenters. The maximum atomic E-state index is 11.9. The number of aryl methyl sites for hydroxylation is 1. The van der Waals surface area contributed by atoms with Gasteiger partial charge in [-0.05, 0) is 48.4 Å². The van der Waals surface area contributed by atoms with E-state index >= 15 is 0 Å². The normalized spacial score (nSPS) is 10.8. The van der Waals surface area contributed by atoms with E-state index in [4.69, 9.17) is 4.74 Å². The Morgan fingerprint density at radius 2 is 2.00 bits per heavy atom. The van der Waals surface area contributed by atoms with Gasteiger partial charge in [-0.15, -0.1) is 0 Å². The highest BCUT2D eigenvalue weighted by Crippen LogP contribution is 2.14. The SMILES string of the molecule is O=C(/C=C/c1ccc(OCc2ccccn2)cc1)NCCCn1cccn1. The summed E-state index contributed by atoms with van der Waals surface area (Å²) in [5.74, 6) is 0.659. The van der Waals surface area contributed by atoms with Gasteiger partial charge < -0.3 is 10.1 Å². The number of hydrogen-bond acceptors (Lipinski definition) is 4. The highest BCUT2D eigenvalue weighted by molar-refractivity contribution is 5.91. The van der Waals surface area contributed by atoms with Crippen molar-refractivity contribution in [3.05, 3.63) is 84.5 Å². The minimum Gasteiger partial charge on any atom is -0.487 e. The Morgan fingerprint density at radius 3 is 2.74 bits per heavy atom. The third-order valence-electron chi connectivity index (χ3n) is 3.84. The molecule has 0 unspecified atom stereocenters. The molecule has 1 amide bonds. The van der Waals surface area contributed by atoms with Crippen LogP contribution in [-0.2, 0) is 17.9 Å². The van der Waals surface area contributed by atoms with Crippen LogP contribution in [0, 0.1) is 0 Å². The highest BCUT2D eigenvalue weighted by atomic mass is 16.5. The van der Waals surface area contributed by atoms with Crippen molar-refractivity contribution in [3.63, 3.8) is 0 Å². The summed E-state index contributed by atoms with van der Waals surface area (Å²) in [4.78, 5) is 16.1. The van der Waals surface area contributed by atoms with E-state index < -0.39 is 0 Å². The van der Waals surface area contributed by atoms with Crippen LogP contribution in [0.15, 0.2) is 73.2 Å². The monoisotopic (exact) mass is 362 g/mol. The molecule has 3 rings (SSSR count).